The van der Waals surface area contributed by atoms with Crippen molar-refractivity contribution in [1.82, 2.24) is 9.97 Å². The lowest BCUT2D eigenvalue weighted by molar-refractivity contribution is 0.178. The topological polar surface area (TPSA) is 96.1 Å². The summed E-state index contributed by atoms with van der Waals surface area (Å²) in [6.45, 7) is 2.93. The van der Waals surface area contributed by atoms with Gasteiger partial charge >= 0.3 is 0 Å². The lowest BCUT2D eigenvalue weighted by Gasteiger charge is -2.13. The molecule has 19 heavy (non-hydrogen) atoms. The second-order valence-electron chi connectivity index (χ2n) is 5.16. The Hall–Kier alpha value is -1.40. The van der Waals surface area contributed by atoms with Crippen LogP contribution in [0.4, 0.5) is 11.6 Å². The Morgan fingerprint density at radius 3 is 2.79 bits per heavy atom. The third kappa shape index (κ3) is 4.04. The number of hydrazine groups is 1. The van der Waals surface area contributed by atoms with Crippen LogP contribution < -0.4 is 16.6 Å². The van der Waals surface area contributed by atoms with Gasteiger partial charge in [-0.1, -0.05) is 6.92 Å². The second-order valence-corrected chi connectivity index (χ2v) is 5.16. The molecule has 1 saturated carbocycles. The monoisotopic (exact) mass is 265 g/mol. The number of nitrogens with zero attached hydrogens (tertiary/aromatic N) is 2. The number of nitrogens with two attached hydrogens (primary N) is 1. The molecule has 1 aromatic heterocycles. The van der Waals surface area contributed by atoms with E-state index in [1.165, 1.54) is 0 Å². The summed E-state index contributed by atoms with van der Waals surface area (Å²) in [5.74, 6) is 8.17. The van der Waals surface area contributed by atoms with Crippen LogP contribution in [0.15, 0.2) is 6.07 Å². The minimum absolute atomic E-state index is 0.130. The first kappa shape index (κ1) is 14.0. The van der Waals surface area contributed by atoms with Crippen LogP contribution in [0.5, 0.6) is 0 Å². The van der Waals surface area contributed by atoms with Gasteiger partial charge in [-0.15, -0.1) is 0 Å². The molecule has 106 valence electrons. The highest BCUT2D eigenvalue weighted by atomic mass is 16.3. The number of anilines is 2. The van der Waals surface area contributed by atoms with Crippen LogP contribution in [0.1, 0.15) is 38.4 Å². The summed E-state index contributed by atoms with van der Waals surface area (Å²) >= 11 is 0. The summed E-state index contributed by atoms with van der Waals surface area (Å²) in [7, 11) is 0. The summed E-state index contributed by atoms with van der Waals surface area (Å²) in [5, 5.41) is 12.8. The van der Waals surface area contributed by atoms with Gasteiger partial charge in [-0.05, 0) is 31.6 Å². The first-order valence-corrected chi connectivity index (χ1v) is 6.97. The molecule has 2 atom stereocenters. The van der Waals surface area contributed by atoms with Crippen LogP contribution in [-0.4, -0.2) is 27.7 Å². The fraction of sp³-hybridized carbons (Fsp3) is 0.692. The summed E-state index contributed by atoms with van der Waals surface area (Å²) in [6.07, 6.45) is 4.57. The standard InChI is InChI=1S/C13H23N5O/c1-2-3-11-16-12(7-13(17-11)18-14)15-8-9-4-5-10(19)6-9/h7,9-10,19H,2-6,8,14H2,1H3,(H2,15,16,17,18). The molecule has 1 fully saturated rings. The number of nitrogens with one attached hydrogen (secondary N) is 2. The highest BCUT2D eigenvalue weighted by Gasteiger charge is 2.22. The second kappa shape index (κ2) is 6.68. The maximum absolute atomic E-state index is 9.51. The van der Waals surface area contributed by atoms with Crippen molar-refractivity contribution in [2.45, 2.75) is 45.1 Å². The number of aliphatic hydroxyl groups is 1. The van der Waals surface area contributed by atoms with Crippen LogP contribution in [0, 0.1) is 5.92 Å². The number of aromatic nitrogens is 2. The maximum atomic E-state index is 9.51. The predicted octanol–water partition coefficient (Wildman–Crippen LogP) is 1.29. The fourth-order valence-corrected chi connectivity index (χ4v) is 2.48. The Kier molecular flexibility index (Phi) is 4.93. The Labute approximate surface area is 113 Å². The molecule has 0 bridgehead atoms. The third-order valence-electron chi connectivity index (χ3n) is 3.48. The number of aliphatic hydroxyl groups excluding tert-OH is 1. The van der Waals surface area contributed by atoms with Gasteiger partial charge in [0.2, 0.25) is 0 Å². The Bertz CT molecular complexity index is 412. The highest BCUT2D eigenvalue weighted by molar-refractivity contribution is 5.46. The molecule has 0 radical (unpaired) electrons. The van der Waals surface area contributed by atoms with Gasteiger partial charge in [-0.2, -0.15) is 0 Å². The number of nitrogen functional groups attached to an aromatic ring is 1. The maximum Gasteiger partial charge on any atom is 0.145 e. The van der Waals surface area contributed by atoms with Crippen LogP contribution in [0.3, 0.4) is 0 Å². The van der Waals surface area contributed by atoms with Crippen molar-refractivity contribution in [2.24, 2.45) is 11.8 Å². The largest absolute Gasteiger partial charge is 0.393 e. The van der Waals surface area contributed by atoms with E-state index in [1.807, 2.05) is 6.07 Å². The van der Waals surface area contributed by atoms with Crippen LogP contribution in [0.25, 0.3) is 0 Å². The Balaban J connectivity index is 1.96. The van der Waals surface area contributed by atoms with Gasteiger partial charge in [0.15, 0.2) is 0 Å². The molecule has 1 aliphatic rings. The molecule has 6 heteroatoms. The molecule has 2 rings (SSSR count). The van der Waals surface area contributed by atoms with Crippen molar-refractivity contribution in [3.8, 4) is 0 Å². The summed E-state index contributed by atoms with van der Waals surface area (Å²) in [4.78, 5) is 8.78. The van der Waals surface area contributed by atoms with Crippen molar-refractivity contribution in [2.75, 3.05) is 17.3 Å². The van der Waals surface area contributed by atoms with E-state index in [0.717, 1.165) is 50.3 Å². The predicted molar refractivity (Wildman–Crippen MR) is 75.7 cm³/mol. The molecular weight excluding hydrogens is 242 g/mol. The smallest absolute Gasteiger partial charge is 0.145 e. The van der Waals surface area contributed by atoms with Crippen molar-refractivity contribution in [1.29, 1.82) is 0 Å². The van der Waals surface area contributed by atoms with Gasteiger partial charge in [0, 0.05) is 19.0 Å². The third-order valence-corrected chi connectivity index (χ3v) is 3.48. The molecular formula is C13H23N5O. The van der Waals surface area contributed by atoms with Crippen LogP contribution in [-0.2, 0) is 6.42 Å². The summed E-state index contributed by atoms with van der Waals surface area (Å²) in [5.41, 5.74) is 2.57. The zero-order chi connectivity index (χ0) is 13.7. The molecule has 5 N–H and O–H groups in total. The number of rotatable bonds is 6. The molecule has 0 aromatic carbocycles. The number of hydrogen-bond donors (Lipinski definition) is 4. The number of hydrogen-bond acceptors (Lipinski definition) is 6. The highest BCUT2D eigenvalue weighted by Crippen LogP contribution is 2.25. The SMILES string of the molecule is CCCc1nc(NN)cc(NCC2CCC(O)C2)n1. The lowest BCUT2D eigenvalue weighted by atomic mass is 10.1. The lowest BCUT2D eigenvalue weighted by Crippen LogP contribution is -2.16. The van der Waals surface area contributed by atoms with E-state index >= 15 is 0 Å². The molecule has 1 aliphatic carbocycles. The van der Waals surface area contributed by atoms with E-state index in [9.17, 15) is 5.11 Å². The van der Waals surface area contributed by atoms with Crippen molar-refractivity contribution in [3.63, 3.8) is 0 Å². The number of aryl methyl sites for hydroxylation is 1. The molecule has 1 aromatic rings. The van der Waals surface area contributed by atoms with Crippen molar-refractivity contribution >= 4 is 11.6 Å². The minimum Gasteiger partial charge on any atom is -0.393 e. The molecule has 0 spiro atoms. The first-order valence-electron chi connectivity index (χ1n) is 6.97. The van der Waals surface area contributed by atoms with Crippen molar-refractivity contribution in [3.05, 3.63) is 11.9 Å². The van der Waals surface area contributed by atoms with E-state index < -0.39 is 0 Å². The van der Waals surface area contributed by atoms with E-state index in [1.54, 1.807) is 0 Å². The molecule has 0 amide bonds. The molecule has 1 heterocycles. The van der Waals surface area contributed by atoms with Gasteiger partial charge in [0.1, 0.15) is 17.5 Å². The molecule has 6 nitrogen and oxygen atoms in total. The van der Waals surface area contributed by atoms with E-state index in [4.69, 9.17) is 5.84 Å². The van der Waals surface area contributed by atoms with E-state index in [-0.39, 0.29) is 6.10 Å². The molecule has 0 saturated heterocycles. The van der Waals surface area contributed by atoms with Crippen LogP contribution in [0.2, 0.25) is 0 Å². The van der Waals surface area contributed by atoms with E-state index in [2.05, 4.69) is 27.6 Å². The van der Waals surface area contributed by atoms with Gasteiger partial charge in [-0.25, -0.2) is 15.8 Å². The summed E-state index contributed by atoms with van der Waals surface area (Å²) < 4.78 is 0. The Morgan fingerprint density at radius 2 is 2.16 bits per heavy atom. The zero-order valence-corrected chi connectivity index (χ0v) is 11.4. The quantitative estimate of drug-likeness (QED) is 0.457. The van der Waals surface area contributed by atoms with Gasteiger partial charge in [0.25, 0.3) is 0 Å². The zero-order valence-electron chi connectivity index (χ0n) is 11.4. The fourth-order valence-electron chi connectivity index (χ4n) is 2.48. The molecule has 0 aliphatic heterocycles. The van der Waals surface area contributed by atoms with Gasteiger partial charge in [0.05, 0.1) is 6.10 Å². The Morgan fingerprint density at radius 1 is 1.37 bits per heavy atom. The van der Waals surface area contributed by atoms with Crippen LogP contribution >= 0.6 is 0 Å². The molecule has 2 unspecified atom stereocenters. The first-order chi connectivity index (χ1) is 9.21. The summed E-state index contributed by atoms with van der Waals surface area (Å²) in [6, 6.07) is 1.81. The van der Waals surface area contributed by atoms with Crippen molar-refractivity contribution < 1.29 is 5.11 Å². The minimum atomic E-state index is -0.130. The van der Waals surface area contributed by atoms with E-state index in [0.29, 0.717) is 11.7 Å². The normalized spacial score (nSPS) is 22.5. The average Bonchev–Trinajstić information content (AvgIpc) is 2.82. The van der Waals surface area contributed by atoms with Gasteiger partial charge in [-0.3, -0.25) is 0 Å². The van der Waals surface area contributed by atoms with Gasteiger partial charge < -0.3 is 15.8 Å². The average molecular weight is 265 g/mol.